The molecule has 1 aromatic carbocycles. The standard InChI is InChI=1S/C13H18N2/c1-15-9-11-7-14-8-12(11)13(15)10-5-3-2-4-6-10/h2-6,11-14H,7-9H2,1H3/t11-,12-,13+/m1/s1. The summed E-state index contributed by atoms with van der Waals surface area (Å²) in [4.78, 5) is 2.52. The molecule has 0 spiro atoms. The number of likely N-dealkylation sites (tertiary alicyclic amines) is 1. The lowest BCUT2D eigenvalue weighted by Gasteiger charge is -2.24. The normalized spacial score (nSPS) is 35.7. The van der Waals surface area contributed by atoms with Crippen molar-refractivity contribution in [1.82, 2.24) is 10.2 Å². The zero-order chi connectivity index (χ0) is 10.3. The Morgan fingerprint density at radius 2 is 2.00 bits per heavy atom. The Kier molecular flexibility index (Phi) is 2.26. The maximum atomic E-state index is 3.52. The number of rotatable bonds is 1. The molecule has 1 aromatic rings. The van der Waals surface area contributed by atoms with Crippen LogP contribution in [0.2, 0.25) is 0 Å². The molecule has 2 heteroatoms. The van der Waals surface area contributed by atoms with Crippen LogP contribution in [0.4, 0.5) is 0 Å². The van der Waals surface area contributed by atoms with Crippen LogP contribution < -0.4 is 5.32 Å². The fourth-order valence-corrected chi connectivity index (χ4v) is 3.29. The van der Waals surface area contributed by atoms with Crippen molar-refractivity contribution in [3.63, 3.8) is 0 Å². The molecule has 0 bridgehead atoms. The average molecular weight is 202 g/mol. The van der Waals surface area contributed by atoms with Crippen molar-refractivity contribution in [1.29, 1.82) is 0 Å². The van der Waals surface area contributed by atoms with Gasteiger partial charge in [-0.05, 0) is 31.0 Å². The summed E-state index contributed by atoms with van der Waals surface area (Å²) in [5, 5.41) is 3.52. The minimum absolute atomic E-state index is 0.631. The first-order valence-electron chi connectivity index (χ1n) is 5.82. The highest BCUT2D eigenvalue weighted by molar-refractivity contribution is 5.22. The molecule has 15 heavy (non-hydrogen) atoms. The van der Waals surface area contributed by atoms with Gasteiger partial charge in [0.15, 0.2) is 0 Å². The van der Waals surface area contributed by atoms with Gasteiger partial charge in [-0.1, -0.05) is 30.3 Å². The quantitative estimate of drug-likeness (QED) is 0.742. The van der Waals surface area contributed by atoms with Gasteiger partial charge in [-0.25, -0.2) is 0 Å². The molecule has 0 saturated carbocycles. The van der Waals surface area contributed by atoms with E-state index in [1.807, 2.05) is 0 Å². The summed E-state index contributed by atoms with van der Waals surface area (Å²) in [7, 11) is 2.26. The maximum Gasteiger partial charge on any atom is 0.0389 e. The van der Waals surface area contributed by atoms with Gasteiger partial charge in [-0.3, -0.25) is 4.90 Å². The highest BCUT2D eigenvalue weighted by atomic mass is 15.2. The van der Waals surface area contributed by atoms with Gasteiger partial charge in [-0.15, -0.1) is 0 Å². The van der Waals surface area contributed by atoms with Crippen LogP contribution in [0.15, 0.2) is 30.3 Å². The van der Waals surface area contributed by atoms with E-state index in [0.29, 0.717) is 6.04 Å². The van der Waals surface area contributed by atoms with Crippen LogP contribution in [0.3, 0.4) is 0 Å². The summed E-state index contributed by atoms with van der Waals surface area (Å²) in [6.07, 6.45) is 0. The molecule has 0 unspecified atom stereocenters. The molecule has 2 heterocycles. The average Bonchev–Trinajstić information content (AvgIpc) is 2.78. The smallest absolute Gasteiger partial charge is 0.0389 e. The highest BCUT2D eigenvalue weighted by Gasteiger charge is 2.42. The number of hydrogen-bond acceptors (Lipinski definition) is 2. The molecule has 80 valence electrons. The van der Waals surface area contributed by atoms with E-state index in [4.69, 9.17) is 0 Å². The maximum absolute atomic E-state index is 3.52. The Morgan fingerprint density at radius 3 is 2.80 bits per heavy atom. The van der Waals surface area contributed by atoms with Crippen LogP contribution in [0.1, 0.15) is 11.6 Å². The molecule has 1 N–H and O–H groups in total. The van der Waals surface area contributed by atoms with Crippen molar-refractivity contribution in [3.8, 4) is 0 Å². The van der Waals surface area contributed by atoms with E-state index in [0.717, 1.165) is 11.8 Å². The van der Waals surface area contributed by atoms with Crippen LogP contribution in [0.25, 0.3) is 0 Å². The lowest BCUT2D eigenvalue weighted by molar-refractivity contribution is 0.276. The number of fused-ring (bicyclic) bond motifs is 1. The third kappa shape index (κ3) is 1.48. The fourth-order valence-electron chi connectivity index (χ4n) is 3.29. The van der Waals surface area contributed by atoms with Gasteiger partial charge in [0.05, 0.1) is 0 Å². The Balaban J connectivity index is 1.91. The van der Waals surface area contributed by atoms with Crippen molar-refractivity contribution < 1.29 is 0 Å². The molecular formula is C13H18N2. The summed E-state index contributed by atoms with van der Waals surface area (Å²) in [6, 6.07) is 11.6. The second-order valence-electron chi connectivity index (χ2n) is 4.88. The van der Waals surface area contributed by atoms with Crippen LogP contribution >= 0.6 is 0 Å². The monoisotopic (exact) mass is 202 g/mol. The fraction of sp³-hybridized carbons (Fsp3) is 0.538. The van der Waals surface area contributed by atoms with E-state index < -0.39 is 0 Å². The van der Waals surface area contributed by atoms with Gasteiger partial charge in [0.2, 0.25) is 0 Å². The minimum Gasteiger partial charge on any atom is -0.316 e. The molecule has 2 nitrogen and oxygen atoms in total. The molecule has 2 aliphatic rings. The molecule has 0 aromatic heterocycles. The number of hydrogen-bond donors (Lipinski definition) is 1. The first kappa shape index (κ1) is 9.37. The Bertz CT molecular complexity index is 336. The zero-order valence-electron chi connectivity index (χ0n) is 9.19. The van der Waals surface area contributed by atoms with Gasteiger partial charge in [0.25, 0.3) is 0 Å². The zero-order valence-corrected chi connectivity index (χ0v) is 9.19. The SMILES string of the molecule is CN1C[C@H]2CNC[C@H]2[C@@H]1c1ccccc1. The summed E-state index contributed by atoms with van der Waals surface area (Å²) in [6.45, 7) is 3.64. The van der Waals surface area contributed by atoms with Crippen molar-refractivity contribution >= 4 is 0 Å². The molecule has 0 aliphatic carbocycles. The topological polar surface area (TPSA) is 15.3 Å². The van der Waals surface area contributed by atoms with Crippen LogP contribution in [-0.4, -0.2) is 31.6 Å². The van der Waals surface area contributed by atoms with Gasteiger partial charge in [0.1, 0.15) is 0 Å². The molecule has 2 saturated heterocycles. The number of benzene rings is 1. The number of nitrogens with zero attached hydrogens (tertiary/aromatic N) is 1. The molecular weight excluding hydrogens is 184 g/mol. The first-order valence-corrected chi connectivity index (χ1v) is 5.82. The van der Waals surface area contributed by atoms with Gasteiger partial charge in [0, 0.05) is 19.1 Å². The van der Waals surface area contributed by atoms with E-state index in [1.54, 1.807) is 0 Å². The summed E-state index contributed by atoms with van der Waals surface area (Å²) >= 11 is 0. The molecule has 3 atom stereocenters. The van der Waals surface area contributed by atoms with E-state index in [1.165, 1.54) is 25.2 Å². The van der Waals surface area contributed by atoms with Gasteiger partial charge in [-0.2, -0.15) is 0 Å². The van der Waals surface area contributed by atoms with E-state index in [9.17, 15) is 0 Å². The molecule has 0 amide bonds. The summed E-state index contributed by atoms with van der Waals surface area (Å²) < 4.78 is 0. The molecule has 2 aliphatic heterocycles. The van der Waals surface area contributed by atoms with Crippen LogP contribution in [0, 0.1) is 11.8 Å². The first-order chi connectivity index (χ1) is 7.36. The summed E-state index contributed by atoms with van der Waals surface area (Å²) in [5.41, 5.74) is 1.48. The molecule has 3 rings (SSSR count). The predicted octanol–water partition coefficient (Wildman–Crippen LogP) is 1.51. The van der Waals surface area contributed by atoms with Gasteiger partial charge >= 0.3 is 0 Å². The van der Waals surface area contributed by atoms with Crippen molar-refractivity contribution in [2.75, 3.05) is 26.7 Å². The third-order valence-corrected chi connectivity index (χ3v) is 3.94. The van der Waals surface area contributed by atoms with Crippen LogP contribution in [0.5, 0.6) is 0 Å². The van der Waals surface area contributed by atoms with Crippen molar-refractivity contribution in [3.05, 3.63) is 35.9 Å². The third-order valence-electron chi connectivity index (χ3n) is 3.94. The van der Waals surface area contributed by atoms with E-state index >= 15 is 0 Å². The Morgan fingerprint density at radius 1 is 1.20 bits per heavy atom. The lowest BCUT2D eigenvalue weighted by Crippen LogP contribution is -2.25. The molecule has 0 radical (unpaired) electrons. The predicted molar refractivity (Wildman–Crippen MR) is 61.7 cm³/mol. The summed E-state index contributed by atoms with van der Waals surface area (Å²) in [5.74, 6) is 1.68. The van der Waals surface area contributed by atoms with Crippen LogP contribution in [-0.2, 0) is 0 Å². The Labute approximate surface area is 91.3 Å². The molecule has 2 fully saturated rings. The Hall–Kier alpha value is -0.860. The van der Waals surface area contributed by atoms with Gasteiger partial charge < -0.3 is 5.32 Å². The van der Waals surface area contributed by atoms with E-state index in [-0.39, 0.29) is 0 Å². The van der Waals surface area contributed by atoms with E-state index in [2.05, 4.69) is 47.6 Å². The van der Waals surface area contributed by atoms with Crippen molar-refractivity contribution in [2.45, 2.75) is 6.04 Å². The van der Waals surface area contributed by atoms with Crippen molar-refractivity contribution in [2.24, 2.45) is 11.8 Å². The second kappa shape index (κ2) is 3.62. The lowest BCUT2D eigenvalue weighted by atomic mass is 9.90. The number of nitrogens with one attached hydrogen (secondary N) is 1. The largest absolute Gasteiger partial charge is 0.316 e. The second-order valence-corrected chi connectivity index (χ2v) is 4.88. The minimum atomic E-state index is 0.631. The highest BCUT2D eigenvalue weighted by Crippen LogP contribution is 2.41.